The summed E-state index contributed by atoms with van der Waals surface area (Å²) in [7, 11) is 5.74. The van der Waals surface area contributed by atoms with E-state index >= 15 is 0 Å². The van der Waals surface area contributed by atoms with E-state index in [0.29, 0.717) is 0 Å². The van der Waals surface area contributed by atoms with Crippen LogP contribution in [0.5, 0.6) is 0 Å². The second kappa shape index (κ2) is 3.83. The Kier molecular flexibility index (Phi) is 2.33. The predicted octanol–water partition coefficient (Wildman–Crippen LogP) is 0.768. The first-order chi connectivity index (χ1) is 7.83. The van der Waals surface area contributed by atoms with Crippen molar-refractivity contribution in [3.8, 4) is 0 Å². The minimum atomic E-state index is 0.918. The van der Waals surface area contributed by atoms with Gasteiger partial charge in [-0.15, -0.1) is 0 Å². The third-order valence-electron chi connectivity index (χ3n) is 3.08. The van der Waals surface area contributed by atoms with Crippen molar-refractivity contribution in [2.24, 2.45) is 0 Å². The van der Waals surface area contributed by atoms with Crippen LogP contribution >= 0.6 is 0 Å². The average Bonchev–Trinajstić information content (AvgIpc) is 2.77. The van der Waals surface area contributed by atoms with Crippen LogP contribution in [0.2, 0.25) is 0 Å². The number of aromatic amines is 1. The minimum Gasteiger partial charge on any atom is -0.369 e. The zero-order valence-corrected chi connectivity index (χ0v) is 9.06. The maximum absolute atomic E-state index is 5.74. The number of hydrogen-bond donors (Lipinski definition) is 1. The molecule has 80 valence electrons. The highest BCUT2D eigenvalue weighted by Gasteiger charge is 2.14. The first-order valence-corrected chi connectivity index (χ1v) is 5.51. The Morgan fingerprint density at radius 3 is 2.81 bits per heavy atom. The number of hydrogen-bond acceptors (Lipinski definition) is 3. The topological polar surface area (TPSA) is 35.2 Å². The Hall–Kier alpha value is -1.49. The maximum atomic E-state index is 5.74. The molecular formula is C11H13BN4. The van der Waals surface area contributed by atoms with Gasteiger partial charge in [0.2, 0.25) is 0 Å². The lowest BCUT2D eigenvalue weighted by Gasteiger charge is -2.34. The number of imidazole rings is 1. The number of anilines is 1. The van der Waals surface area contributed by atoms with Gasteiger partial charge in [0.05, 0.1) is 17.4 Å². The third kappa shape index (κ3) is 1.67. The van der Waals surface area contributed by atoms with Gasteiger partial charge in [-0.05, 0) is 18.2 Å². The van der Waals surface area contributed by atoms with Crippen molar-refractivity contribution >= 4 is 24.7 Å². The molecule has 0 spiro atoms. The fourth-order valence-corrected chi connectivity index (χ4v) is 2.10. The van der Waals surface area contributed by atoms with Gasteiger partial charge in [0, 0.05) is 31.9 Å². The molecule has 0 saturated carbocycles. The molecule has 3 rings (SSSR count). The van der Waals surface area contributed by atoms with Gasteiger partial charge < -0.3 is 14.7 Å². The van der Waals surface area contributed by atoms with Gasteiger partial charge in [-0.2, -0.15) is 0 Å². The molecular weight excluding hydrogens is 199 g/mol. The lowest BCUT2D eigenvalue weighted by molar-refractivity contribution is 0.415. The highest BCUT2D eigenvalue weighted by molar-refractivity contribution is 6.04. The molecule has 2 heterocycles. The summed E-state index contributed by atoms with van der Waals surface area (Å²) < 4.78 is 0. The summed E-state index contributed by atoms with van der Waals surface area (Å²) >= 11 is 0. The molecule has 1 aromatic carbocycles. The van der Waals surface area contributed by atoms with Crippen LogP contribution < -0.4 is 4.90 Å². The smallest absolute Gasteiger partial charge is 0.182 e. The first-order valence-electron chi connectivity index (χ1n) is 5.51. The van der Waals surface area contributed by atoms with Crippen LogP contribution in [-0.4, -0.2) is 48.9 Å². The van der Waals surface area contributed by atoms with Crippen LogP contribution in [0, 0.1) is 0 Å². The standard InChI is InChI=1S/C11H13BN4/c12-16-5-3-15(4-6-16)9-1-2-10-11(7-9)14-8-13-10/h1-2,7-8H,3-6H2,(H,13,14). The normalized spacial score (nSPS) is 18.1. The van der Waals surface area contributed by atoms with Crippen LogP contribution in [0.1, 0.15) is 0 Å². The van der Waals surface area contributed by atoms with Crippen molar-refractivity contribution in [2.45, 2.75) is 0 Å². The highest BCUT2D eigenvalue weighted by Crippen LogP contribution is 2.20. The van der Waals surface area contributed by atoms with Crippen LogP contribution in [0.3, 0.4) is 0 Å². The Labute approximate surface area is 95.7 Å². The number of nitrogens with one attached hydrogen (secondary N) is 1. The van der Waals surface area contributed by atoms with E-state index in [9.17, 15) is 0 Å². The molecule has 1 aliphatic heterocycles. The van der Waals surface area contributed by atoms with Gasteiger partial charge in [0.25, 0.3) is 0 Å². The van der Waals surface area contributed by atoms with Gasteiger partial charge in [-0.3, -0.25) is 0 Å². The molecule has 2 aromatic rings. The number of nitrogens with zero attached hydrogens (tertiary/aromatic N) is 3. The van der Waals surface area contributed by atoms with Crippen molar-refractivity contribution in [2.75, 3.05) is 31.1 Å². The van der Waals surface area contributed by atoms with Gasteiger partial charge in [-0.1, -0.05) is 0 Å². The number of piperazine rings is 1. The maximum Gasteiger partial charge on any atom is 0.182 e. The molecule has 1 saturated heterocycles. The fourth-order valence-electron chi connectivity index (χ4n) is 2.10. The minimum absolute atomic E-state index is 0.918. The van der Waals surface area contributed by atoms with Gasteiger partial charge in [-0.25, -0.2) is 4.98 Å². The summed E-state index contributed by atoms with van der Waals surface area (Å²) in [6.45, 7) is 3.80. The average molecular weight is 212 g/mol. The van der Waals surface area contributed by atoms with E-state index in [-0.39, 0.29) is 0 Å². The second-order valence-electron chi connectivity index (χ2n) is 4.13. The molecule has 0 bridgehead atoms. The van der Waals surface area contributed by atoms with Crippen LogP contribution in [0.4, 0.5) is 5.69 Å². The third-order valence-corrected chi connectivity index (χ3v) is 3.08. The fraction of sp³-hybridized carbons (Fsp3) is 0.364. The first kappa shape index (κ1) is 9.72. The molecule has 5 heteroatoms. The van der Waals surface area contributed by atoms with Gasteiger partial charge >= 0.3 is 0 Å². The Morgan fingerprint density at radius 2 is 2.00 bits per heavy atom. The molecule has 1 fully saturated rings. The Balaban J connectivity index is 1.87. The van der Waals surface area contributed by atoms with E-state index in [2.05, 4.69) is 33.1 Å². The number of benzene rings is 1. The quantitative estimate of drug-likeness (QED) is 0.709. The zero-order chi connectivity index (χ0) is 11.0. The summed E-state index contributed by atoms with van der Waals surface area (Å²) in [6.07, 6.45) is 1.73. The molecule has 0 aliphatic carbocycles. The summed E-state index contributed by atoms with van der Waals surface area (Å²) in [5.41, 5.74) is 3.35. The zero-order valence-electron chi connectivity index (χ0n) is 9.06. The van der Waals surface area contributed by atoms with Crippen LogP contribution in [-0.2, 0) is 0 Å². The molecule has 0 amide bonds. The van der Waals surface area contributed by atoms with E-state index in [1.807, 2.05) is 4.81 Å². The Bertz CT molecular complexity index is 487. The molecule has 0 unspecified atom stereocenters. The Morgan fingerprint density at radius 1 is 1.19 bits per heavy atom. The number of H-pyrrole nitrogens is 1. The van der Waals surface area contributed by atoms with Crippen molar-refractivity contribution < 1.29 is 0 Å². The molecule has 1 aliphatic rings. The lowest BCUT2D eigenvalue weighted by atomic mass is 10.2. The summed E-state index contributed by atoms with van der Waals surface area (Å²) in [6, 6.07) is 6.32. The molecule has 1 aromatic heterocycles. The monoisotopic (exact) mass is 212 g/mol. The molecule has 1 N–H and O–H groups in total. The SMILES string of the molecule is [B]N1CCN(c2ccc3nc[nH]c3c2)CC1. The second-order valence-corrected chi connectivity index (χ2v) is 4.13. The van der Waals surface area contributed by atoms with Crippen molar-refractivity contribution in [3.05, 3.63) is 24.5 Å². The van der Waals surface area contributed by atoms with Gasteiger partial charge in [0.15, 0.2) is 7.98 Å². The number of rotatable bonds is 1. The largest absolute Gasteiger partial charge is 0.369 e. The molecule has 4 nitrogen and oxygen atoms in total. The van der Waals surface area contributed by atoms with Crippen molar-refractivity contribution in [3.63, 3.8) is 0 Å². The van der Waals surface area contributed by atoms with E-state index in [4.69, 9.17) is 7.98 Å². The van der Waals surface area contributed by atoms with Crippen molar-refractivity contribution in [1.82, 2.24) is 14.8 Å². The number of aromatic nitrogens is 2. The lowest BCUT2D eigenvalue weighted by Crippen LogP contribution is -2.45. The molecule has 16 heavy (non-hydrogen) atoms. The van der Waals surface area contributed by atoms with E-state index in [1.165, 1.54) is 5.69 Å². The summed E-state index contributed by atoms with van der Waals surface area (Å²) in [5.74, 6) is 0. The van der Waals surface area contributed by atoms with Crippen molar-refractivity contribution in [1.29, 1.82) is 0 Å². The summed E-state index contributed by atoms with van der Waals surface area (Å²) in [5, 5.41) is 0. The summed E-state index contributed by atoms with van der Waals surface area (Å²) in [4.78, 5) is 11.6. The number of fused-ring (bicyclic) bond motifs is 1. The predicted molar refractivity (Wildman–Crippen MR) is 65.6 cm³/mol. The van der Waals surface area contributed by atoms with Crippen LogP contribution in [0.15, 0.2) is 24.5 Å². The van der Waals surface area contributed by atoms with Gasteiger partial charge in [0.1, 0.15) is 0 Å². The van der Waals surface area contributed by atoms with Crippen LogP contribution in [0.25, 0.3) is 11.0 Å². The van der Waals surface area contributed by atoms with E-state index < -0.39 is 0 Å². The molecule has 2 radical (unpaired) electrons. The highest BCUT2D eigenvalue weighted by atomic mass is 15.2. The van der Waals surface area contributed by atoms with E-state index in [0.717, 1.165) is 37.2 Å². The molecule has 0 atom stereocenters. The van der Waals surface area contributed by atoms with E-state index in [1.54, 1.807) is 6.33 Å².